The topological polar surface area (TPSA) is 37.6 Å². The smallest absolute Gasteiger partial charge is 1.00 e. The molecule has 0 saturated heterocycles. The minimum atomic E-state index is 0. The van der Waals surface area contributed by atoms with Crippen LogP contribution in [0, 0.1) is 0 Å². The molecular formula is C15H23Cl3N3V. The summed E-state index contributed by atoms with van der Waals surface area (Å²) in [6.45, 7) is 12.3. The molecule has 0 fully saturated rings. The Bertz CT molecular complexity index is 436. The van der Waals surface area contributed by atoms with Gasteiger partial charge in [-0.15, -0.1) is 0 Å². The van der Waals surface area contributed by atoms with Gasteiger partial charge in [-0.2, -0.15) is 0 Å². The molecule has 7 heteroatoms. The standard InChI is InChI=1S/C15H23N3.3ClH.V/c1-10(2)16-12(5)14-8-7-9-15(18-14)13(6)17-11(3)4;;;;/h7-11H,1-6H3;3*1H;/q;;;;+3/p-3. The second kappa shape index (κ2) is 14.5. The Kier molecular flexibility index (Phi) is 19.7. The molecule has 0 aliphatic rings. The van der Waals surface area contributed by atoms with Gasteiger partial charge in [0.25, 0.3) is 0 Å². The maximum Gasteiger partial charge on any atom is 3.00 e. The second-order valence-electron chi connectivity index (χ2n) is 5.02. The van der Waals surface area contributed by atoms with Gasteiger partial charge in [-0.05, 0) is 53.7 Å². The van der Waals surface area contributed by atoms with Crippen molar-refractivity contribution in [2.45, 2.75) is 53.6 Å². The molecule has 0 radical (unpaired) electrons. The zero-order valence-electron chi connectivity index (χ0n) is 13.8. The summed E-state index contributed by atoms with van der Waals surface area (Å²) in [6.07, 6.45) is 0. The quantitative estimate of drug-likeness (QED) is 0.463. The van der Waals surface area contributed by atoms with Gasteiger partial charge in [-0.3, -0.25) is 9.98 Å². The summed E-state index contributed by atoms with van der Waals surface area (Å²) in [5, 5.41) is 0. The first kappa shape index (κ1) is 29.9. The number of rotatable bonds is 4. The Morgan fingerprint density at radius 1 is 0.818 bits per heavy atom. The van der Waals surface area contributed by atoms with E-state index in [-0.39, 0.29) is 55.8 Å². The van der Waals surface area contributed by atoms with Gasteiger partial charge in [0.2, 0.25) is 0 Å². The molecule has 0 spiro atoms. The van der Waals surface area contributed by atoms with Crippen molar-refractivity contribution in [1.82, 2.24) is 4.98 Å². The summed E-state index contributed by atoms with van der Waals surface area (Å²) in [6, 6.07) is 6.58. The Morgan fingerprint density at radius 3 is 1.41 bits per heavy atom. The first-order valence-electron chi connectivity index (χ1n) is 6.46. The molecular weight excluding hydrogens is 379 g/mol. The Morgan fingerprint density at radius 2 is 1.14 bits per heavy atom. The van der Waals surface area contributed by atoms with Crippen LogP contribution in [-0.2, 0) is 18.6 Å². The number of pyridine rings is 1. The van der Waals surface area contributed by atoms with E-state index >= 15 is 0 Å². The van der Waals surface area contributed by atoms with Crippen LogP contribution in [0.5, 0.6) is 0 Å². The predicted octanol–water partition coefficient (Wildman–Crippen LogP) is -5.47. The second-order valence-corrected chi connectivity index (χ2v) is 5.02. The van der Waals surface area contributed by atoms with Crippen LogP contribution >= 0.6 is 0 Å². The van der Waals surface area contributed by atoms with E-state index in [1.807, 2.05) is 32.0 Å². The molecule has 1 heterocycles. The fourth-order valence-corrected chi connectivity index (χ4v) is 1.74. The van der Waals surface area contributed by atoms with Crippen LogP contribution in [0.15, 0.2) is 28.2 Å². The maximum atomic E-state index is 4.62. The van der Waals surface area contributed by atoms with E-state index in [9.17, 15) is 0 Å². The van der Waals surface area contributed by atoms with E-state index in [0.29, 0.717) is 12.1 Å². The molecule has 0 atom stereocenters. The van der Waals surface area contributed by atoms with E-state index in [1.54, 1.807) is 0 Å². The molecule has 0 aliphatic carbocycles. The van der Waals surface area contributed by atoms with Crippen LogP contribution < -0.4 is 37.2 Å². The summed E-state index contributed by atoms with van der Waals surface area (Å²) < 4.78 is 0. The molecule has 1 rings (SSSR count). The molecule has 1 aromatic heterocycles. The number of nitrogens with zero attached hydrogens (tertiary/aromatic N) is 3. The van der Waals surface area contributed by atoms with Crippen LogP contribution in [0.2, 0.25) is 0 Å². The van der Waals surface area contributed by atoms with E-state index < -0.39 is 0 Å². The Hall–Kier alpha value is -0.0556. The number of aromatic nitrogens is 1. The number of hydrogen-bond acceptors (Lipinski definition) is 3. The largest absolute Gasteiger partial charge is 3.00 e. The molecule has 0 unspecified atom stereocenters. The third-order valence-electron chi connectivity index (χ3n) is 2.39. The van der Waals surface area contributed by atoms with Crippen molar-refractivity contribution in [3.8, 4) is 0 Å². The van der Waals surface area contributed by atoms with Crippen molar-refractivity contribution in [2.24, 2.45) is 9.98 Å². The molecule has 0 bridgehead atoms. The molecule has 22 heavy (non-hydrogen) atoms. The predicted molar refractivity (Wildman–Crippen MR) is 78.9 cm³/mol. The molecule has 0 amide bonds. The molecule has 0 saturated carbocycles. The zero-order valence-corrected chi connectivity index (χ0v) is 17.5. The van der Waals surface area contributed by atoms with Gasteiger partial charge in [-0.25, -0.2) is 4.98 Å². The van der Waals surface area contributed by atoms with E-state index in [2.05, 4.69) is 42.7 Å². The van der Waals surface area contributed by atoms with Gasteiger partial charge >= 0.3 is 18.6 Å². The number of aliphatic imine (C=N–C) groups is 2. The van der Waals surface area contributed by atoms with Gasteiger partial charge in [0, 0.05) is 12.1 Å². The van der Waals surface area contributed by atoms with Gasteiger partial charge in [0.05, 0.1) is 22.8 Å². The molecule has 0 aromatic carbocycles. The van der Waals surface area contributed by atoms with Gasteiger partial charge in [-0.1, -0.05) is 6.07 Å². The molecule has 3 nitrogen and oxygen atoms in total. The third kappa shape index (κ3) is 10.6. The normalized spacial score (nSPS) is 11.1. The molecule has 0 N–H and O–H groups in total. The number of halogens is 3. The maximum absolute atomic E-state index is 4.62. The Labute approximate surface area is 165 Å². The minimum absolute atomic E-state index is 0. The van der Waals surface area contributed by atoms with E-state index in [4.69, 9.17) is 0 Å². The monoisotopic (exact) mass is 401 g/mol. The van der Waals surface area contributed by atoms with Crippen molar-refractivity contribution in [1.29, 1.82) is 0 Å². The van der Waals surface area contributed by atoms with Crippen LogP contribution in [0.1, 0.15) is 52.9 Å². The summed E-state index contributed by atoms with van der Waals surface area (Å²) in [5.74, 6) is 0. The zero-order chi connectivity index (χ0) is 13.7. The van der Waals surface area contributed by atoms with Crippen molar-refractivity contribution in [2.75, 3.05) is 0 Å². The van der Waals surface area contributed by atoms with Crippen molar-refractivity contribution in [3.63, 3.8) is 0 Å². The van der Waals surface area contributed by atoms with Crippen LogP contribution in [0.4, 0.5) is 0 Å². The van der Waals surface area contributed by atoms with Crippen LogP contribution in [0.3, 0.4) is 0 Å². The van der Waals surface area contributed by atoms with E-state index in [1.165, 1.54) is 0 Å². The van der Waals surface area contributed by atoms with Gasteiger partial charge in [0.1, 0.15) is 0 Å². The summed E-state index contributed by atoms with van der Waals surface area (Å²) in [5.41, 5.74) is 3.81. The number of hydrogen-bond donors (Lipinski definition) is 0. The third-order valence-corrected chi connectivity index (χ3v) is 2.39. The Balaban J connectivity index is -0.000000405. The summed E-state index contributed by atoms with van der Waals surface area (Å²) in [7, 11) is 0. The van der Waals surface area contributed by atoms with Gasteiger partial charge < -0.3 is 37.2 Å². The first-order valence-corrected chi connectivity index (χ1v) is 6.46. The van der Waals surface area contributed by atoms with Crippen LogP contribution in [-0.4, -0.2) is 28.5 Å². The average Bonchev–Trinajstić information content (AvgIpc) is 2.27. The summed E-state index contributed by atoms with van der Waals surface area (Å²) >= 11 is 0. The van der Waals surface area contributed by atoms with Crippen molar-refractivity contribution >= 4 is 11.4 Å². The van der Waals surface area contributed by atoms with Gasteiger partial charge in [0.15, 0.2) is 0 Å². The van der Waals surface area contributed by atoms with E-state index in [0.717, 1.165) is 22.8 Å². The molecule has 124 valence electrons. The van der Waals surface area contributed by atoms with Crippen LogP contribution in [0.25, 0.3) is 0 Å². The fourth-order valence-electron chi connectivity index (χ4n) is 1.74. The van der Waals surface area contributed by atoms with Crippen molar-refractivity contribution in [3.05, 3.63) is 29.6 Å². The molecule has 0 aliphatic heterocycles. The van der Waals surface area contributed by atoms with Crippen molar-refractivity contribution < 1.29 is 55.8 Å². The SMILES string of the molecule is CC(=NC(C)C)c1cccc(C(C)=NC(C)C)n1.[Cl-].[Cl-].[Cl-].[V+3]. The first-order chi connectivity index (χ1) is 8.40. The summed E-state index contributed by atoms with van der Waals surface area (Å²) in [4.78, 5) is 13.7. The molecule has 1 aromatic rings. The average molecular weight is 403 g/mol. The fraction of sp³-hybridized carbons (Fsp3) is 0.533. The minimum Gasteiger partial charge on any atom is -1.00 e.